The van der Waals surface area contributed by atoms with Gasteiger partial charge in [0.15, 0.2) is 11.5 Å². The van der Waals surface area contributed by atoms with Gasteiger partial charge < -0.3 is 30.9 Å². The van der Waals surface area contributed by atoms with Crippen LogP contribution < -0.4 is 26.0 Å². The van der Waals surface area contributed by atoms with E-state index in [1.807, 2.05) is 57.3 Å². The Balaban J connectivity index is 0.00000235. The Morgan fingerprint density at radius 2 is 1.89 bits per heavy atom. The van der Waals surface area contributed by atoms with E-state index < -0.39 is 5.91 Å². The molecule has 0 bridgehead atoms. The van der Waals surface area contributed by atoms with Gasteiger partial charge in [-0.25, -0.2) is 0 Å². The molecule has 2 aromatic rings. The fourth-order valence-electron chi connectivity index (χ4n) is 4.78. The number of carbonyl (C=O) groups excluding carboxylic acids is 3. The molecule has 2 aliphatic heterocycles. The van der Waals surface area contributed by atoms with Gasteiger partial charge in [-0.1, -0.05) is 45.6 Å². The highest BCUT2D eigenvalue weighted by Crippen LogP contribution is 2.37. The average Bonchev–Trinajstić information content (AvgIpc) is 3.93. The molecular formula is C34H42N8O4. The number of anilines is 3. The number of rotatable bonds is 10. The van der Waals surface area contributed by atoms with Crippen LogP contribution in [0.1, 0.15) is 49.7 Å². The van der Waals surface area contributed by atoms with Crippen molar-refractivity contribution in [2.45, 2.75) is 33.6 Å². The summed E-state index contributed by atoms with van der Waals surface area (Å²) in [7, 11) is 4.80. The molecule has 3 aliphatic rings. The zero-order chi connectivity index (χ0) is 33.4. The van der Waals surface area contributed by atoms with Gasteiger partial charge in [0.2, 0.25) is 5.91 Å². The largest absolute Gasteiger partial charge is 0.494 e. The fourth-order valence-corrected chi connectivity index (χ4v) is 4.78. The van der Waals surface area contributed by atoms with Crippen molar-refractivity contribution >= 4 is 46.7 Å². The Morgan fingerprint density at radius 1 is 1.13 bits per heavy atom. The van der Waals surface area contributed by atoms with Crippen LogP contribution in [0.15, 0.2) is 71.0 Å². The van der Waals surface area contributed by atoms with E-state index in [1.54, 1.807) is 31.2 Å². The van der Waals surface area contributed by atoms with Crippen molar-refractivity contribution in [3.05, 3.63) is 77.3 Å². The molecule has 46 heavy (non-hydrogen) atoms. The zero-order valence-corrected chi connectivity index (χ0v) is 27.2. The molecule has 0 saturated heterocycles. The molecular weight excluding hydrogens is 584 g/mol. The number of ether oxygens (including phenoxy) is 1. The number of aromatic nitrogens is 2. The van der Waals surface area contributed by atoms with Crippen molar-refractivity contribution in [1.82, 2.24) is 25.7 Å². The minimum absolute atomic E-state index is 0.0147. The van der Waals surface area contributed by atoms with Crippen molar-refractivity contribution in [2.75, 3.05) is 44.9 Å². The quantitative estimate of drug-likeness (QED) is 0.302. The molecule has 1 atom stereocenters. The molecule has 0 radical (unpaired) electrons. The monoisotopic (exact) mass is 626 g/mol. The third-order valence-corrected chi connectivity index (χ3v) is 7.57. The lowest BCUT2D eigenvalue weighted by molar-refractivity contribution is -0.126. The van der Waals surface area contributed by atoms with Crippen LogP contribution in [-0.4, -0.2) is 73.3 Å². The van der Waals surface area contributed by atoms with Gasteiger partial charge in [0.05, 0.1) is 30.7 Å². The van der Waals surface area contributed by atoms with Crippen molar-refractivity contribution in [3.63, 3.8) is 0 Å². The maximum absolute atomic E-state index is 13.1. The molecule has 4 N–H and O–H groups in total. The van der Waals surface area contributed by atoms with Gasteiger partial charge in [0, 0.05) is 50.3 Å². The number of aliphatic imine (C=N–C) groups is 1. The van der Waals surface area contributed by atoms with Crippen molar-refractivity contribution in [1.29, 1.82) is 0 Å². The van der Waals surface area contributed by atoms with Gasteiger partial charge in [0.1, 0.15) is 11.4 Å². The number of benzene rings is 1. The third kappa shape index (κ3) is 7.87. The zero-order valence-electron chi connectivity index (χ0n) is 27.2. The van der Waals surface area contributed by atoms with Gasteiger partial charge in [-0.15, -0.1) is 10.2 Å². The standard InChI is InChI=1S/C32H36N8O4.C2H6/c1-18-13-22(34-15-19(18)2)17-40(4)32(43)25-12-11-21(16-35-25)23-7-6-8-24(29(23)44-5)36-26-14-27(37-30(41)20-9-10-20)38-39-28(26)31(42)33-3;1-2/h6-8,11-15,19-20,35H,1,9-10,16-17H2,2-5H3,(H,33,42)(H2,36,37,38,41);1-2H3. The van der Waals surface area contributed by atoms with E-state index in [0.29, 0.717) is 35.9 Å². The summed E-state index contributed by atoms with van der Waals surface area (Å²) in [6, 6.07) is 7.16. The first-order valence-electron chi connectivity index (χ1n) is 15.4. The number of nitrogens with zero attached hydrogens (tertiary/aromatic N) is 4. The first-order chi connectivity index (χ1) is 22.2. The number of nitrogens with one attached hydrogen (secondary N) is 4. The second kappa shape index (κ2) is 15.2. The number of hydrogen-bond donors (Lipinski definition) is 4. The number of allylic oxidation sites excluding steroid dienone is 4. The second-order valence-electron chi connectivity index (χ2n) is 10.9. The predicted molar refractivity (Wildman–Crippen MR) is 181 cm³/mol. The average molecular weight is 627 g/mol. The number of amides is 3. The molecule has 5 rings (SSSR count). The summed E-state index contributed by atoms with van der Waals surface area (Å²) in [5.41, 5.74) is 4.89. The Morgan fingerprint density at radius 3 is 2.52 bits per heavy atom. The lowest BCUT2D eigenvalue weighted by Crippen LogP contribution is -2.36. The van der Waals surface area contributed by atoms with Crippen molar-refractivity contribution in [3.8, 4) is 5.75 Å². The molecule has 1 unspecified atom stereocenters. The lowest BCUT2D eigenvalue weighted by Gasteiger charge is -2.24. The molecule has 1 saturated carbocycles. The maximum atomic E-state index is 13.1. The van der Waals surface area contributed by atoms with E-state index >= 15 is 0 Å². The fraction of sp³-hybridized carbons (Fsp3) is 0.353. The molecule has 12 nitrogen and oxygen atoms in total. The number of methoxy groups -OCH3 is 1. The van der Waals surface area contributed by atoms with Gasteiger partial charge in [-0.3, -0.25) is 19.4 Å². The molecule has 1 fully saturated rings. The predicted octanol–water partition coefficient (Wildman–Crippen LogP) is 4.45. The highest BCUT2D eigenvalue weighted by molar-refractivity contribution is 6.00. The van der Waals surface area contributed by atoms with Crippen LogP contribution in [0.2, 0.25) is 0 Å². The Hall–Kier alpha value is -5.26. The van der Waals surface area contributed by atoms with Crippen molar-refractivity contribution < 1.29 is 19.1 Å². The molecule has 1 aliphatic carbocycles. The van der Waals surface area contributed by atoms with E-state index in [-0.39, 0.29) is 35.2 Å². The summed E-state index contributed by atoms with van der Waals surface area (Å²) in [5.74, 6) is 0.233. The number of para-hydroxylation sites is 1. The van der Waals surface area contributed by atoms with Gasteiger partial charge in [-0.05, 0) is 42.2 Å². The van der Waals surface area contributed by atoms with E-state index in [1.165, 1.54) is 7.05 Å². The number of hydrogen-bond acceptors (Lipinski definition) is 9. The summed E-state index contributed by atoms with van der Waals surface area (Å²) in [5, 5.41) is 19.9. The molecule has 1 aromatic heterocycles. The SMILES string of the molecule is C=C1C=C(CN(C)C(=O)C2=CC=C(c3cccc(Nc4cc(NC(=O)C5CC5)nnc4C(=O)NC)c3OC)CN2)N=CC1C.CC. The molecule has 12 heteroatoms. The summed E-state index contributed by atoms with van der Waals surface area (Å²) in [6.07, 6.45) is 9.10. The highest BCUT2D eigenvalue weighted by Gasteiger charge is 2.30. The summed E-state index contributed by atoms with van der Waals surface area (Å²) in [4.78, 5) is 44.1. The summed E-state index contributed by atoms with van der Waals surface area (Å²) >= 11 is 0. The molecule has 242 valence electrons. The van der Waals surface area contributed by atoms with Crippen LogP contribution in [0.5, 0.6) is 5.75 Å². The Labute approximate surface area is 269 Å². The molecule has 3 heterocycles. The molecule has 3 amide bonds. The number of dihydropyridines is 1. The first-order valence-corrected chi connectivity index (χ1v) is 15.4. The van der Waals surface area contributed by atoms with Crippen LogP contribution in [0.3, 0.4) is 0 Å². The second-order valence-corrected chi connectivity index (χ2v) is 10.9. The van der Waals surface area contributed by atoms with Crippen LogP contribution in [0.4, 0.5) is 17.2 Å². The van der Waals surface area contributed by atoms with Crippen LogP contribution in [0.25, 0.3) is 5.57 Å². The third-order valence-electron chi connectivity index (χ3n) is 7.57. The van der Waals surface area contributed by atoms with E-state index in [9.17, 15) is 14.4 Å². The van der Waals surface area contributed by atoms with Crippen LogP contribution >= 0.6 is 0 Å². The van der Waals surface area contributed by atoms with Gasteiger partial charge >= 0.3 is 0 Å². The van der Waals surface area contributed by atoms with Crippen molar-refractivity contribution in [2.24, 2.45) is 16.8 Å². The summed E-state index contributed by atoms with van der Waals surface area (Å²) < 4.78 is 5.82. The lowest BCUT2D eigenvalue weighted by atomic mass is 10.00. The highest BCUT2D eigenvalue weighted by atomic mass is 16.5. The number of carbonyl (C=O) groups is 3. The van der Waals surface area contributed by atoms with Crippen LogP contribution in [0, 0.1) is 11.8 Å². The maximum Gasteiger partial charge on any atom is 0.273 e. The Kier molecular flexibility index (Phi) is 11.1. The number of likely N-dealkylation sites (N-methyl/N-ethyl adjacent to an activating group) is 1. The van der Waals surface area contributed by atoms with Crippen LogP contribution in [-0.2, 0) is 9.59 Å². The molecule has 0 spiro atoms. The minimum Gasteiger partial charge on any atom is -0.494 e. The van der Waals surface area contributed by atoms with E-state index in [0.717, 1.165) is 35.2 Å². The minimum atomic E-state index is -0.437. The smallest absolute Gasteiger partial charge is 0.273 e. The summed E-state index contributed by atoms with van der Waals surface area (Å²) in [6.45, 7) is 10.8. The van der Waals surface area contributed by atoms with Gasteiger partial charge in [0.25, 0.3) is 11.8 Å². The van der Waals surface area contributed by atoms with E-state index in [4.69, 9.17) is 4.74 Å². The molecule has 1 aromatic carbocycles. The van der Waals surface area contributed by atoms with Gasteiger partial charge in [-0.2, -0.15) is 0 Å². The first kappa shape index (κ1) is 33.6. The topological polar surface area (TPSA) is 150 Å². The van der Waals surface area contributed by atoms with E-state index in [2.05, 4.69) is 43.0 Å². The normalized spacial score (nSPS) is 16.8. The Bertz CT molecular complexity index is 1640.